The fourth-order valence-electron chi connectivity index (χ4n) is 2.31. The molecule has 2 aromatic rings. The summed E-state index contributed by atoms with van der Waals surface area (Å²) in [6, 6.07) is 11.6. The molecule has 0 amide bonds. The predicted molar refractivity (Wildman–Crippen MR) is 101 cm³/mol. The summed E-state index contributed by atoms with van der Waals surface area (Å²) in [5, 5.41) is 18.8. The summed E-state index contributed by atoms with van der Waals surface area (Å²) in [5.41, 5.74) is 1.81. The maximum absolute atomic E-state index is 10.9. The quantitative estimate of drug-likeness (QED) is 0.577. The highest BCUT2D eigenvalue weighted by Gasteiger charge is 2.13. The SMILES string of the molecule is COc1cc(C=C(C#N)c2ccc(C(=O)O)cc2)cc(Cl)c1OC(C)C. The highest BCUT2D eigenvalue weighted by atomic mass is 35.5. The van der Waals surface area contributed by atoms with Crippen molar-refractivity contribution in [2.45, 2.75) is 20.0 Å². The Hall–Kier alpha value is -2.97. The molecule has 0 saturated carbocycles. The van der Waals surface area contributed by atoms with Crippen molar-refractivity contribution in [1.29, 1.82) is 5.26 Å². The van der Waals surface area contributed by atoms with Gasteiger partial charge in [-0.25, -0.2) is 4.79 Å². The largest absolute Gasteiger partial charge is 0.493 e. The number of ether oxygens (including phenoxy) is 2. The van der Waals surface area contributed by atoms with Crippen molar-refractivity contribution in [1.82, 2.24) is 0 Å². The van der Waals surface area contributed by atoms with Gasteiger partial charge in [0.25, 0.3) is 0 Å². The van der Waals surface area contributed by atoms with Gasteiger partial charge in [-0.15, -0.1) is 0 Å². The van der Waals surface area contributed by atoms with Crippen molar-refractivity contribution in [3.8, 4) is 17.6 Å². The molecule has 0 atom stereocenters. The number of halogens is 1. The average Bonchev–Trinajstić information content (AvgIpc) is 2.61. The van der Waals surface area contributed by atoms with E-state index in [4.69, 9.17) is 26.2 Å². The first-order valence-corrected chi connectivity index (χ1v) is 8.23. The standard InChI is InChI=1S/C20H18ClNO4/c1-12(2)26-19-17(21)9-13(10-18(19)25-3)8-16(11-22)14-4-6-15(7-5-14)20(23)24/h4-10,12H,1-3H3,(H,23,24). The lowest BCUT2D eigenvalue weighted by atomic mass is 10.0. The van der Waals surface area contributed by atoms with Gasteiger partial charge in [0.15, 0.2) is 11.5 Å². The Morgan fingerprint density at radius 1 is 1.23 bits per heavy atom. The minimum absolute atomic E-state index is 0.0646. The summed E-state index contributed by atoms with van der Waals surface area (Å²) in [5.74, 6) is -0.0992. The second-order valence-corrected chi connectivity index (χ2v) is 6.16. The summed E-state index contributed by atoms with van der Waals surface area (Å²) in [6.07, 6.45) is 1.59. The molecular weight excluding hydrogens is 354 g/mol. The molecule has 1 N–H and O–H groups in total. The van der Waals surface area contributed by atoms with Gasteiger partial charge in [-0.1, -0.05) is 23.7 Å². The maximum Gasteiger partial charge on any atom is 0.335 e. The number of nitriles is 1. The molecule has 5 nitrogen and oxygen atoms in total. The second-order valence-electron chi connectivity index (χ2n) is 5.75. The summed E-state index contributed by atoms with van der Waals surface area (Å²) >= 11 is 6.30. The first-order chi connectivity index (χ1) is 12.3. The zero-order valence-corrected chi connectivity index (χ0v) is 15.4. The third kappa shape index (κ3) is 4.56. The Kier molecular flexibility index (Phi) is 6.26. The van der Waals surface area contributed by atoms with Gasteiger partial charge >= 0.3 is 5.97 Å². The molecule has 0 fully saturated rings. The molecule has 134 valence electrons. The van der Waals surface area contributed by atoms with Crippen LogP contribution in [0, 0.1) is 11.3 Å². The van der Waals surface area contributed by atoms with Crippen LogP contribution in [0.15, 0.2) is 36.4 Å². The van der Waals surface area contributed by atoms with Crippen LogP contribution in [-0.4, -0.2) is 24.3 Å². The molecule has 0 aromatic heterocycles. The molecule has 2 rings (SSSR count). The van der Waals surface area contributed by atoms with E-state index in [1.807, 2.05) is 13.8 Å². The molecule has 0 heterocycles. The van der Waals surface area contributed by atoms with Crippen LogP contribution >= 0.6 is 11.6 Å². The van der Waals surface area contributed by atoms with E-state index in [0.29, 0.717) is 33.2 Å². The van der Waals surface area contributed by atoms with E-state index in [1.165, 1.54) is 19.2 Å². The van der Waals surface area contributed by atoms with Crippen LogP contribution in [0.4, 0.5) is 0 Å². The van der Waals surface area contributed by atoms with Gasteiger partial charge in [0.05, 0.1) is 35.4 Å². The Labute approximate surface area is 157 Å². The van der Waals surface area contributed by atoms with E-state index in [0.717, 1.165) is 0 Å². The molecule has 0 radical (unpaired) electrons. The molecule has 26 heavy (non-hydrogen) atoms. The van der Waals surface area contributed by atoms with Crippen LogP contribution in [0.2, 0.25) is 5.02 Å². The number of hydrogen-bond acceptors (Lipinski definition) is 4. The van der Waals surface area contributed by atoms with E-state index >= 15 is 0 Å². The predicted octanol–water partition coefficient (Wildman–Crippen LogP) is 4.90. The third-order valence-electron chi connectivity index (χ3n) is 3.48. The molecule has 6 heteroatoms. The van der Waals surface area contributed by atoms with Gasteiger partial charge in [-0.3, -0.25) is 0 Å². The molecule has 0 aliphatic rings. The minimum atomic E-state index is -1.02. The number of hydrogen-bond donors (Lipinski definition) is 1. The fourth-order valence-corrected chi connectivity index (χ4v) is 2.58. The summed E-state index contributed by atoms with van der Waals surface area (Å²) in [7, 11) is 1.52. The summed E-state index contributed by atoms with van der Waals surface area (Å²) in [4.78, 5) is 10.9. The van der Waals surface area contributed by atoms with Crippen LogP contribution < -0.4 is 9.47 Å². The van der Waals surface area contributed by atoms with Gasteiger partial charge in [-0.05, 0) is 55.3 Å². The fraction of sp³-hybridized carbons (Fsp3) is 0.200. The molecule has 0 aliphatic carbocycles. The highest BCUT2D eigenvalue weighted by molar-refractivity contribution is 6.32. The molecule has 2 aromatic carbocycles. The van der Waals surface area contributed by atoms with Gasteiger partial charge in [0.2, 0.25) is 0 Å². The van der Waals surface area contributed by atoms with Gasteiger partial charge in [0, 0.05) is 0 Å². The summed E-state index contributed by atoms with van der Waals surface area (Å²) < 4.78 is 11.0. The Morgan fingerprint density at radius 3 is 2.35 bits per heavy atom. The lowest BCUT2D eigenvalue weighted by Crippen LogP contribution is -2.07. The van der Waals surface area contributed by atoms with E-state index in [2.05, 4.69) is 6.07 Å². The van der Waals surface area contributed by atoms with Crippen molar-refractivity contribution in [2.24, 2.45) is 0 Å². The number of carboxylic acids is 1. The van der Waals surface area contributed by atoms with Gasteiger partial charge < -0.3 is 14.6 Å². The van der Waals surface area contributed by atoms with Crippen molar-refractivity contribution in [3.05, 3.63) is 58.1 Å². The molecular formula is C20H18ClNO4. The zero-order chi connectivity index (χ0) is 19.3. The van der Waals surface area contributed by atoms with Crippen molar-refractivity contribution < 1.29 is 19.4 Å². The van der Waals surface area contributed by atoms with Crippen LogP contribution in [0.3, 0.4) is 0 Å². The molecule has 0 aliphatic heterocycles. The molecule has 0 unspecified atom stereocenters. The minimum Gasteiger partial charge on any atom is -0.493 e. The van der Waals surface area contributed by atoms with Gasteiger partial charge in [-0.2, -0.15) is 5.26 Å². The Morgan fingerprint density at radius 2 is 1.85 bits per heavy atom. The van der Waals surface area contributed by atoms with E-state index in [1.54, 1.807) is 30.3 Å². The van der Waals surface area contributed by atoms with Crippen molar-refractivity contribution in [2.75, 3.05) is 7.11 Å². The maximum atomic E-state index is 10.9. The Bertz CT molecular complexity index is 880. The average molecular weight is 372 g/mol. The number of carboxylic acid groups (broad SMARTS) is 1. The smallest absolute Gasteiger partial charge is 0.335 e. The van der Waals surface area contributed by atoms with E-state index < -0.39 is 5.97 Å². The number of nitrogens with zero attached hydrogens (tertiary/aromatic N) is 1. The first-order valence-electron chi connectivity index (χ1n) is 7.85. The van der Waals surface area contributed by atoms with E-state index in [9.17, 15) is 10.1 Å². The molecule has 0 spiro atoms. The molecule has 0 bridgehead atoms. The summed E-state index contributed by atoms with van der Waals surface area (Å²) in [6.45, 7) is 3.77. The second kappa shape index (κ2) is 8.41. The topological polar surface area (TPSA) is 79.5 Å². The van der Waals surface area contributed by atoms with Crippen LogP contribution in [-0.2, 0) is 0 Å². The first kappa shape index (κ1) is 19.4. The number of carbonyl (C=O) groups is 1. The number of methoxy groups -OCH3 is 1. The molecule has 0 saturated heterocycles. The monoisotopic (exact) mass is 371 g/mol. The zero-order valence-electron chi connectivity index (χ0n) is 14.6. The van der Waals surface area contributed by atoms with Crippen LogP contribution in [0.1, 0.15) is 35.3 Å². The highest BCUT2D eigenvalue weighted by Crippen LogP contribution is 2.38. The van der Waals surface area contributed by atoms with Crippen LogP contribution in [0.5, 0.6) is 11.5 Å². The number of rotatable bonds is 6. The lowest BCUT2D eigenvalue weighted by Gasteiger charge is -2.15. The number of benzene rings is 2. The normalized spacial score (nSPS) is 11.2. The van der Waals surface area contributed by atoms with E-state index in [-0.39, 0.29) is 11.7 Å². The lowest BCUT2D eigenvalue weighted by molar-refractivity contribution is 0.0697. The number of aromatic carboxylic acids is 1. The van der Waals surface area contributed by atoms with Crippen LogP contribution in [0.25, 0.3) is 11.6 Å². The number of allylic oxidation sites excluding steroid dienone is 1. The third-order valence-corrected chi connectivity index (χ3v) is 3.76. The Balaban J connectivity index is 2.44. The van der Waals surface area contributed by atoms with Crippen molar-refractivity contribution in [3.63, 3.8) is 0 Å². The van der Waals surface area contributed by atoms with Crippen molar-refractivity contribution >= 4 is 29.2 Å². The van der Waals surface area contributed by atoms with Gasteiger partial charge in [0.1, 0.15) is 0 Å².